The van der Waals surface area contributed by atoms with Gasteiger partial charge in [-0.15, -0.1) is 0 Å². The molecule has 0 aromatic rings. The minimum Gasteiger partial charge on any atom is -0.0885 e. The Hall–Kier alpha value is -0.260. The molecule has 0 spiro atoms. The van der Waals surface area contributed by atoms with Crippen molar-refractivity contribution in [3.8, 4) is 0 Å². The maximum Gasteiger partial charge on any atom is -0.0351 e. The lowest BCUT2D eigenvalue weighted by Crippen LogP contribution is -2.08. The molecule has 0 amide bonds. The van der Waals surface area contributed by atoms with Crippen molar-refractivity contribution < 1.29 is 0 Å². The van der Waals surface area contributed by atoms with Crippen LogP contribution < -0.4 is 0 Å². The van der Waals surface area contributed by atoms with Crippen LogP contribution >= 0.6 is 0 Å². The van der Waals surface area contributed by atoms with E-state index >= 15 is 0 Å². The standard InChI is InChI=1S/C27H52/c1-5-7-9-10-11-12-13-14-15-16-17-18-19-20-21-22-23-25-27(26(3)4)24-8-6-2/h18-19,26-27H,1-2,5-17,20-25H2,3-4H3/b19-18+. The van der Waals surface area contributed by atoms with E-state index in [1.807, 2.05) is 0 Å². The molecule has 0 fully saturated rings. The van der Waals surface area contributed by atoms with E-state index in [1.54, 1.807) is 0 Å². The predicted molar refractivity (Wildman–Crippen MR) is 126 cm³/mol. The lowest BCUT2D eigenvalue weighted by atomic mass is 9.86. The Morgan fingerprint density at radius 3 is 1.41 bits per heavy atom. The summed E-state index contributed by atoms with van der Waals surface area (Å²) in [6, 6.07) is 0. The maximum atomic E-state index is 3.99. The first-order valence-electron chi connectivity index (χ1n) is 12.5. The van der Waals surface area contributed by atoms with Gasteiger partial charge >= 0.3 is 0 Å². The molecule has 0 heterocycles. The van der Waals surface area contributed by atoms with Gasteiger partial charge in [-0.2, -0.15) is 0 Å². The Morgan fingerprint density at radius 2 is 0.926 bits per heavy atom. The van der Waals surface area contributed by atoms with Crippen molar-refractivity contribution in [2.24, 2.45) is 11.8 Å². The van der Waals surface area contributed by atoms with Gasteiger partial charge in [0, 0.05) is 0 Å². The van der Waals surface area contributed by atoms with Crippen LogP contribution in [0.15, 0.2) is 12.2 Å². The van der Waals surface area contributed by atoms with Gasteiger partial charge < -0.3 is 0 Å². The fraction of sp³-hybridized carbons (Fsp3) is 0.852. The fourth-order valence-corrected chi connectivity index (χ4v) is 3.98. The average Bonchev–Trinajstić information content (AvgIpc) is 2.66. The minimum atomic E-state index is 0.843. The van der Waals surface area contributed by atoms with Crippen LogP contribution in [0.25, 0.3) is 0 Å². The van der Waals surface area contributed by atoms with Crippen molar-refractivity contribution in [2.75, 3.05) is 0 Å². The SMILES string of the molecule is [CH2]CCCCCCCCCCC/C=C/CCCCCC(CCC[CH2])C(C)C. The molecule has 0 nitrogen and oxygen atoms in total. The smallest absolute Gasteiger partial charge is 0.0351 e. The molecule has 0 aliphatic carbocycles. The van der Waals surface area contributed by atoms with E-state index in [1.165, 1.54) is 109 Å². The van der Waals surface area contributed by atoms with Gasteiger partial charge in [-0.3, -0.25) is 0 Å². The van der Waals surface area contributed by atoms with E-state index in [4.69, 9.17) is 0 Å². The van der Waals surface area contributed by atoms with Gasteiger partial charge in [0.1, 0.15) is 0 Å². The average molecular weight is 377 g/mol. The molecule has 2 radical (unpaired) electrons. The predicted octanol–water partition coefficient (Wildman–Crippen LogP) is 9.89. The van der Waals surface area contributed by atoms with E-state index in [2.05, 4.69) is 39.8 Å². The lowest BCUT2D eigenvalue weighted by molar-refractivity contribution is 0.318. The van der Waals surface area contributed by atoms with E-state index in [0.29, 0.717) is 0 Å². The number of unbranched alkanes of at least 4 members (excludes halogenated alkanes) is 14. The van der Waals surface area contributed by atoms with E-state index < -0.39 is 0 Å². The molecular weight excluding hydrogens is 324 g/mol. The monoisotopic (exact) mass is 376 g/mol. The lowest BCUT2D eigenvalue weighted by Gasteiger charge is -2.20. The molecule has 160 valence electrons. The highest BCUT2D eigenvalue weighted by atomic mass is 14.2. The summed E-state index contributed by atoms with van der Waals surface area (Å²) in [4.78, 5) is 0. The third kappa shape index (κ3) is 20.3. The summed E-state index contributed by atoms with van der Waals surface area (Å²) < 4.78 is 0. The first kappa shape index (κ1) is 26.7. The van der Waals surface area contributed by atoms with Crippen molar-refractivity contribution in [2.45, 2.75) is 136 Å². The van der Waals surface area contributed by atoms with Crippen molar-refractivity contribution in [1.82, 2.24) is 0 Å². The number of rotatable bonds is 21. The molecule has 0 aliphatic heterocycles. The van der Waals surface area contributed by atoms with E-state index in [-0.39, 0.29) is 0 Å². The van der Waals surface area contributed by atoms with Crippen molar-refractivity contribution in [3.63, 3.8) is 0 Å². The summed E-state index contributed by atoms with van der Waals surface area (Å²) in [5, 5.41) is 0. The molecule has 0 saturated carbocycles. The van der Waals surface area contributed by atoms with Crippen molar-refractivity contribution in [3.05, 3.63) is 26.0 Å². The summed E-state index contributed by atoms with van der Waals surface area (Å²) in [6.45, 7) is 12.7. The summed E-state index contributed by atoms with van der Waals surface area (Å²) in [5.74, 6) is 1.77. The molecule has 1 atom stereocenters. The normalized spacial score (nSPS) is 13.1. The zero-order chi connectivity index (χ0) is 20.0. The number of hydrogen-bond acceptors (Lipinski definition) is 0. The summed E-state index contributed by atoms with van der Waals surface area (Å²) >= 11 is 0. The molecule has 0 bridgehead atoms. The van der Waals surface area contributed by atoms with Gasteiger partial charge in [0.2, 0.25) is 0 Å². The fourth-order valence-electron chi connectivity index (χ4n) is 3.98. The van der Waals surface area contributed by atoms with Crippen LogP contribution in [0, 0.1) is 25.7 Å². The Morgan fingerprint density at radius 1 is 0.519 bits per heavy atom. The Labute approximate surface area is 174 Å². The third-order valence-electron chi connectivity index (χ3n) is 6.00. The van der Waals surface area contributed by atoms with Crippen LogP contribution in [0.4, 0.5) is 0 Å². The quantitative estimate of drug-likeness (QED) is 0.138. The second-order valence-corrected chi connectivity index (χ2v) is 8.93. The largest absolute Gasteiger partial charge is 0.0885 e. The highest BCUT2D eigenvalue weighted by Gasteiger charge is 2.11. The topological polar surface area (TPSA) is 0 Å². The van der Waals surface area contributed by atoms with Crippen LogP contribution in [-0.2, 0) is 0 Å². The molecule has 0 aliphatic rings. The zero-order valence-electron chi connectivity index (χ0n) is 19.2. The molecule has 0 saturated heterocycles. The second-order valence-electron chi connectivity index (χ2n) is 8.93. The molecular formula is C27H52. The van der Waals surface area contributed by atoms with Gasteiger partial charge in [-0.05, 0) is 37.5 Å². The third-order valence-corrected chi connectivity index (χ3v) is 6.00. The van der Waals surface area contributed by atoms with Crippen LogP contribution in [0.1, 0.15) is 136 Å². The molecule has 0 N–H and O–H groups in total. The van der Waals surface area contributed by atoms with E-state index in [9.17, 15) is 0 Å². The molecule has 1 unspecified atom stereocenters. The maximum absolute atomic E-state index is 3.99. The Balaban J connectivity index is 3.31. The minimum absolute atomic E-state index is 0.843. The number of hydrogen-bond donors (Lipinski definition) is 0. The second kappa shape index (κ2) is 22.0. The molecule has 27 heavy (non-hydrogen) atoms. The van der Waals surface area contributed by atoms with Crippen LogP contribution in [0.3, 0.4) is 0 Å². The van der Waals surface area contributed by atoms with Gasteiger partial charge in [-0.25, -0.2) is 0 Å². The van der Waals surface area contributed by atoms with Gasteiger partial charge in [0.05, 0.1) is 0 Å². The molecule has 0 heteroatoms. The molecule has 0 rings (SSSR count). The van der Waals surface area contributed by atoms with Crippen LogP contribution in [-0.4, -0.2) is 0 Å². The van der Waals surface area contributed by atoms with Crippen LogP contribution in [0.5, 0.6) is 0 Å². The highest BCUT2D eigenvalue weighted by Crippen LogP contribution is 2.24. The van der Waals surface area contributed by atoms with Crippen LogP contribution in [0.2, 0.25) is 0 Å². The first-order chi connectivity index (χ1) is 13.2. The van der Waals surface area contributed by atoms with Crippen molar-refractivity contribution >= 4 is 0 Å². The molecule has 0 aromatic heterocycles. The van der Waals surface area contributed by atoms with Gasteiger partial charge in [0.15, 0.2) is 0 Å². The van der Waals surface area contributed by atoms with Crippen molar-refractivity contribution in [1.29, 1.82) is 0 Å². The Bertz CT molecular complexity index is 288. The molecule has 0 aromatic carbocycles. The number of allylic oxidation sites excluding steroid dienone is 2. The first-order valence-corrected chi connectivity index (χ1v) is 12.5. The summed E-state index contributed by atoms with van der Waals surface area (Å²) in [5.41, 5.74) is 0. The Kier molecular flexibility index (Phi) is 21.8. The van der Waals surface area contributed by atoms with Gasteiger partial charge in [0.25, 0.3) is 0 Å². The highest BCUT2D eigenvalue weighted by molar-refractivity contribution is 4.81. The summed E-state index contributed by atoms with van der Waals surface area (Å²) in [7, 11) is 0. The zero-order valence-corrected chi connectivity index (χ0v) is 19.2. The van der Waals surface area contributed by atoms with E-state index in [0.717, 1.165) is 24.7 Å². The van der Waals surface area contributed by atoms with Gasteiger partial charge in [-0.1, -0.05) is 136 Å². The summed E-state index contributed by atoms with van der Waals surface area (Å²) in [6.07, 6.45) is 30.7.